The molecule has 2 bridgehead atoms. The highest BCUT2D eigenvalue weighted by Crippen LogP contribution is 2.43. The predicted octanol–water partition coefficient (Wildman–Crippen LogP) is 2.31. The Morgan fingerprint density at radius 3 is 2.79 bits per heavy atom. The summed E-state index contributed by atoms with van der Waals surface area (Å²) in [5, 5.41) is 0. The molecule has 2 aliphatic heterocycles. The van der Waals surface area contributed by atoms with Gasteiger partial charge in [0.25, 0.3) is 0 Å². The van der Waals surface area contributed by atoms with Crippen LogP contribution in [0.25, 0.3) is 0 Å². The smallest absolute Gasteiger partial charge is 0.164 e. The van der Waals surface area contributed by atoms with Gasteiger partial charge in [-0.15, -0.1) is 0 Å². The molecule has 2 nitrogen and oxygen atoms in total. The molecule has 0 aromatic carbocycles. The van der Waals surface area contributed by atoms with Gasteiger partial charge in [0, 0.05) is 5.92 Å². The Bertz CT molecular complexity index is 249. The molecule has 1 aliphatic carbocycles. The third-order valence-corrected chi connectivity index (χ3v) is 4.27. The van der Waals surface area contributed by atoms with Crippen molar-refractivity contribution in [2.75, 3.05) is 0 Å². The summed E-state index contributed by atoms with van der Waals surface area (Å²) in [6.07, 6.45) is 8.72. The molecule has 78 valence electrons. The molecule has 4 atom stereocenters. The minimum absolute atomic E-state index is 0.0203. The largest absolute Gasteiger partial charge is 0.367 e. The molecule has 14 heavy (non-hydrogen) atoms. The van der Waals surface area contributed by atoms with Gasteiger partial charge in [-0.05, 0) is 38.0 Å². The number of fused-ring (bicyclic) bond motifs is 4. The number of Topliss-reactive ketones (excluding diaryl/α,β-unsaturated/α-hetero) is 1. The molecule has 2 heterocycles. The molecule has 3 aliphatic rings. The molecule has 3 fully saturated rings. The average molecular weight is 194 g/mol. The van der Waals surface area contributed by atoms with Gasteiger partial charge >= 0.3 is 0 Å². The van der Waals surface area contributed by atoms with Crippen molar-refractivity contribution in [2.45, 2.75) is 57.2 Å². The number of ketones is 1. The van der Waals surface area contributed by atoms with E-state index >= 15 is 0 Å². The van der Waals surface area contributed by atoms with Gasteiger partial charge < -0.3 is 4.74 Å². The Hall–Kier alpha value is -0.370. The van der Waals surface area contributed by atoms with Gasteiger partial charge in [-0.1, -0.05) is 12.8 Å². The number of ether oxygens (including phenoxy) is 1. The SMILES string of the molecule is O=C1[C@@H]2CCC[C@@H](O2)[C@@H]2CCCC[C@@H]12. The van der Waals surface area contributed by atoms with Gasteiger partial charge in [0.05, 0.1) is 6.10 Å². The van der Waals surface area contributed by atoms with E-state index in [0.29, 0.717) is 23.7 Å². The normalized spacial score (nSPS) is 47.3. The summed E-state index contributed by atoms with van der Waals surface area (Å²) in [7, 11) is 0. The van der Waals surface area contributed by atoms with Crippen molar-refractivity contribution in [3.63, 3.8) is 0 Å². The summed E-state index contributed by atoms with van der Waals surface area (Å²) in [4.78, 5) is 12.0. The average Bonchev–Trinajstić information content (AvgIpc) is 2.27. The molecular weight excluding hydrogens is 176 g/mol. The monoisotopic (exact) mass is 194 g/mol. The fourth-order valence-corrected chi connectivity index (χ4v) is 3.57. The van der Waals surface area contributed by atoms with Crippen LogP contribution in [0.15, 0.2) is 0 Å². The minimum atomic E-state index is -0.0203. The van der Waals surface area contributed by atoms with Crippen LogP contribution >= 0.6 is 0 Å². The van der Waals surface area contributed by atoms with E-state index in [0.717, 1.165) is 12.8 Å². The summed E-state index contributed by atoms with van der Waals surface area (Å²) >= 11 is 0. The lowest BCUT2D eigenvalue weighted by Crippen LogP contribution is -2.51. The highest BCUT2D eigenvalue weighted by Gasteiger charge is 2.46. The zero-order chi connectivity index (χ0) is 9.54. The van der Waals surface area contributed by atoms with Crippen LogP contribution < -0.4 is 0 Å². The number of carbonyl (C=O) groups is 1. The first-order chi connectivity index (χ1) is 6.86. The maximum Gasteiger partial charge on any atom is 0.164 e. The summed E-state index contributed by atoms with van der Waals surface area (Å²) in [5.74, 6) is 1.38. The molecule has 0 N–H and O–H groups in total. The third kappa shape index (κ3) is 1.23. The standard InChI is InChI=1S/C12H18O2/c13-12-9-5-2-1-4-8(9)10-6-3-7-11(12)14-10/h8-11H,1-7H2/t8-,9-,10-,11+/m1/s1. The quantitative estimate of drug-likeness (QED) is 0.591. The third-order valence-electron chi connectivity index (χ3n) is 4.27. The van der Waals surface area contributed by atoms with Crippen LogP contribution in [-0.4, -0.2) is 18.0 Å². The number of carbonyl (C=O) groups excluding carboxylic acids is 1. The van der Waals surface area contributed by atoms with Gasteiger partial charge in [0.15, 0.2) is 5.78 Å². The lowest BCUT2D eigenvalue weighted by Gasteiger charge is -2.46. The number of rotatable bonds is 0. The van der Waals surface area contributed by atoms with E-state index in [-0.39, 0.29) is 6.10 Å². The van der Waals surface area contributed by atoms with Crippen LogP contribution in [0.2, 0.25) is 0 Å². The molecule has 0 amide bonds. The highest BCUT2D eigenvalue weighted by atomic mass is 16.5. The van der Waals surface area contributed by atoms with Gasteiger partial charge in [-0.25, -0.2) is 0 Å². The topological polar surface area (TPSA) is 26.3 Å². The Morgan fingerprint density at radius 1 is 1.00 bits per heavy atom. The molecular formula is C12H18O2. The van der Waals surface area contributed by atoms with Crippen molar-refractivity contribution in [3.8, 4) is 0 Å². The van der Waals surface area contributed by atoms with Crippen molar-refractivity contribution < 1.29 is 9.53 Å². The first-order valence-corrected chi connectivity index (χ1v) is 6.05. The molecule has 3 rings (SSSR count). The van der Waals surface area contributed by atoms with E-state index in [2.05, 4.69) is 0 Å². The zero-order valence-electron chi connectivity index (χ0n) is 8.58. The Morgan fingerprint density at radius 2 is 1.86 bits per heavy atom. The van der Waals surface area contributed by atoms with Crippen molar-refractivity contribution >= 4 is 5.78 Å². The van der Waals surface area contributed by atoms with E-state index in [9.17, 15) is 4.79 Å². The van der Waals surface area contributed by atoms with Crippen LogP contribution in [0.4, 0.5) is 0 Å². The maximum absolute atomic E-state index is 12.0. The van der Waals surface area contributed by atoms with Gasteiger partial charge in [0.2, 0.25) is 0 Å². The summed E-state index contributed by atoms with van der Waals surface area (Å²) in [6, 6.07) is 0. The Kier molecular flexibility index (Phi) is 2.12. The molecule has 0 radical (unpaired) electrons. The lowest BCUT2D eigenvalue weighted by molar-refractivity contribution is -0.172. The van der Waals surface area contributed by atoms with Gasteiger partial charge in [0.1, 0.15) is 6.10 Å². The molecule has 0 spiro atoms. The van der Waals surface area contributed by atoms with Gasteiger partial charge in [-0.3, -0.25) is 4.79 Å². The minimum Gasteiger partial charge on any atom is -0.367 e. The second-order valence-corrected chi connectivity index (χ2v) is 5.05. The number of hydrogen-bond acceptors (Lipinski definition) is 2. The molecule has 2 heteroatoms. The first kappa shape index (κ1) is 8.90. The maximum atomic E-state index is 12.0. The van der Waals surface area contributed by atoms with Crippen LogP contribution in [-0.2, 0) is 9.53 Å². The van der Waals surface area contributed by atoms with Gasteiger partial charge in [-0.2, -0.15) is 0 Å². The van der Waals surface area contributed by atoms with Crippen molar-refractivity contribution in [1.29, 1.82) is 0 Å². The zero-order valence-corrected chi connectivity index (χ0v) is 8.58. The summed E-state index contributed by atoms with van der Waals surface area (Å²) < 4.78 is 5.85. The molecule has 1 saturated carbocycles. The summed E-state index contributed by atoms with van der Waals surface area (Å²) in [6.45, 7) is 0. The van der Waals surface area contributed by atoms with Crippen LogP contribution in [0.5, 0.6) is 0 Å². The Balaban J connectivity index is 1.86. The fourth-order valence-electron chi connectivity index (χ4n) is 3.57. The van der Waals surface area contributed by atoms with Crippen LogP contribution in [0.3, 0.4) is 0 Å². The predicted molar refractivity (Wildman–Crippen MR) is 53.0 cm³/mol. The first-order valence-electron chi connectivity index (χ1n) is 6.05. The van der Waals surface area contributed by atoms with E-state index in [1.807, 2.05) is 0 Å². The molecule has 0 unspecified atom stereocenters. The highest BCUT2D eigenvalue weighted by molar-refractivity contribution is 5.86. The molecule has 0 aromatic rings. The second kappa shape index (κ2) is 3.34. The number of hydrogen-bond donors (Lipinski definition) is 0. The molecule has 2 saturated heterocycles. The Labute approximate surface area is 85.0 Å². The van der Waals surface area contributed by atoms with Crippen molar-refractivity contribution in [3.05, 3.63) is 0 Å². The lowest BCUT2D eigenvalue weighted by atomic mass is 9.68. The van der Waals surface area contributed by atoms with E-state index in [1.165, 1.54) is 32.1 Å². The second-order valence-electron chi connectivity index (χ2n) is 5.05. The molecule has 0 aromatic heterocycles. The van der Waals surface area contributed by atoms with E-state index < -0.39 is 0 Å². The van der Waals surface area contributed by atoms with E-state index in [1.54, 1.807) is 0 Å². The van der Waals surface area contributed by atoms with Crippen molar-refractivity contribution in [2.24, 2.45) is 11.8 Å². The van der Waals surface area contributed by atoms with Crippen LogP contribution in [0, 0.1) is 11.8 Å². The van der Waals surface area contributed by atoms with Crippen LogP contribution in [0.1, 0.15) is 44.9 Å². The van der Waals surface area contributed by atoms with Crippen molar-refractivity contribution in [1.82, 2.24) is 0 Å². The summed E-state index contributed by atoms with van der Waals surface area (Å²) in [5.41, 5.74) is 0. The van der Waals surface area contributed by atoms with E-state index in [4.69, 9.17) is 4.74 Å². The fraction of sp³-hybridized carbons (Fsp3) is 0.917.